The fraction of sp³-hybridized carbons (Fsp3) is 0.136. The van der Waals surface area contributed by atoms with E-state index in [1.807, 2.05) is 31.2 Å². The number of para-hydroxylation sites is 1. The molecule has 0 bridgehead atoms. The summed E-state index contributed by atoms with van der Waals surface area (Å²) in [6, 6.07) is 14.1. The van der Waals surface area contributed by atoms with Gasteiger partial charge in [-0.3, -0.25) is 25.7 Å². The van der Waals surface area contributed by atoms with Gasteiger partial charge in [0.05, 0.1) is 11.1 Å². The van der Waals surface area contributed by atoms with Gasteiger partial charge in [-0.1, -0.05) is 37.3 Å². The van der Waals surface area contributed by atoms with E-state index in [-0.39, 0.29) is 11.9 Å². The van der Waals surface area contributed by atoms with E-state index in [1.54, 1.807) is 30.5 Å². The summed E-state index contributed by atoms with van der Waals surface area (Å²) in [5.41, 5.74) is 7.02. The highest BCUT2D eigenvalue weighted by molar-refractivity contribution is 6.11. The number of benzene rings is 2. The molecule has 6 N–H and O–H groups in total. The highest BCUT2D eigenvalue weighted by Crippen LogP contribution is 2.20. The molecule has 2 aromatic heterocycles. The Morgan fingerprint density at radius 3 is 2.72 bits per heavy atom. The lowest BCUT2D eigenvalue weighted by molar-refractivity contribution is 0.0978. The number of hydrogen-bond acceptors (Lipinski definition) is 5. The summed E-state index contributed by atoms with van der Waals surface area (Å²) in [4.78, 5) is 40.6. The zero-order chi connectivity index (χ0) is 22.5. The number of aliphatic imine (C=N–C) groups is 1. The second-order valence-corrected chi connectivity index (χ2v) is 7.00. The highest BCUT2D eigenvalue weighted by Gasteiger charge is 2.15. The lowest BCUT2D eigenvalue weighted by Crippen LogP contribution is -2.37. The van der Waals surface area contributed by atoms with Gasteiger partial charge in [0.2, 0.25) is 5.95 Å². The van der Waals surface area contributed by atoms with Crippen molar-refractivity contribution in [3.05, 3.63) is 60.3 Å². The predicted octanol–water partition coefficient (Wildman–Crippen LogP) is 3.21. The van der Waals surface area contributed by atoms with Crippen LogP contribution in [0.4, 0.5) is 16.6 Å². The third-order valence-corrected chi connectivity index (χ3v) is 4.61. The number of aromatic amines is 1. The van der Waals surface area contributed by atoms with Gasteiger partial charge in [0.1, 0.15) is 11.3 Å². The molecule has 0 saturated carbocycles. The van der Waals surface area contributed by atoms with Crippen LogP contribution in [0.1, 0.15) is 23.7 Å². The van der Waals surface area contributed by atoms with Gasteiger partial charge in [-0.15, -0.1) is 0 Å². The summed E-state index contributed by atoms with van der Waals surface area (Å²) in [6.07, 6.45) is 2.50. The number of H-pyrrole nitrogens is 1. The molecular formula is C22H22N8O2. The lowest BCUT2D eigenvalue weighted by atomic mass is 10.2. The third-order valence-electron chi connectivity index (χ3n) is 4.61. The molecule has 2 heterocycles. The number of imidazole rings is 1. The summed E-state index contributed by atoms with van der Waals surface area (Å²) in [5.74, 6) is 0.200. The largest absolute Gasteiger partial charge is 0.370 e. The van der Waals surface area contributed by atoms with Crippen molar-refractivity contribution in [1.29, 1.82) is 0 Å². The van der Waals surface area contributed by atoms with Crippen LogP contribution in [0.2, 0.25) is 0 Å². The number of fused-ring (bicyclic) bond motifs is 2. The fourth-order valence-corrected chi connectivity index (χ4v) is 3.14. The average Bonchev–Trinajstić information content (AvgIpc) is 3.19. The van der Waals surface area contributed by atoms with Gasteiger partial charge in [0, 0.05) is 18.1 Å². The summed E-state index contributed by atoms with van der Waals surface area (Å²) >= 11 is 0. The molecule has 0 atom stereocenters. The zero-order valence-corrected chi connectivity index (χ0v) is 17.3. The summed E-state index contributed by atoms with van der Waals surface area (Å²) in [5, 5.41) is 9.78. The predicted molar refractivity (Wildman–Crippen MR) is 125 cm³/mol. The Hall–Kier alpha value is -4.47. The minimum Gasteiger partial charge on any atom is -0.370 e. The number of carbonyl (C=O) groups is 2. The van der Waals surface area contributed by atoms with Crippen molar-refractivity contribution < 1.29 is 9.59 Å². The Morgan fingerprint density at radius 2 is 1.91 bits per heavy atom. The molecule has 0 fully saturated rings. The number of carbonyl (C=O) groups excluding carboxylic acids is 2. The van der Waals surface area contributed by atoms with Crippen molar-refractivity contribution in [3.63, 3.8) is 0 Å². The molecule has 0 radical (unpaired) electrons. The van der Waals surface area contributed by atoms with Crippen molar-refractivity contribution in [2.24, 2.45) is 10.7 Å². The maximum absolute atomic E-state index is 12.6. The van der Waals surface area contributed by atoms with Crippen molar-refractivity contribution in [3.8, 4) is 0 Å². The number of guanidine groups is 1. The van der Waals surface area contributed by atoms with Crippen LogP contribution in [0.25, 0.3) is 21.8 Å². The molecule has 0 spiro atoms. The van der Waals surface area contributed by atoms with Gasteiger partial charge < -0.3 is 10.7 Å². The van der Waals surface area contributed by atoms with E-state index in [9.17, 15) is 9.59 Å². The lowest BCUT2D eigenvalue weighted by Gasteiger charge is -2.06. The van der Waals surface area contributed by atoms with Crippen molar-refractivity contribution in [1.82, 2.24) is 20.3 Å². The van der Waals surface area contributed by atoms with Crippen LogP contribution in [0, 0.1) is 0 Å². The van der Waals surface area contributed by atoms with Crippen molar-refractivity contribution in [2.75, 3.05) is 17.2 Å². The van der Waals surface area contributed by atoms with Crippen LogP contribution in [-0.4, -0.2) is 39.4 Å². The fourth-order valence-electron chi connectivity index (χ4n) is 3.14. The first-order valence-corrected chi connectivity index (χ1v) is 10.1. The van der Waals surface area contributed by atoms with Crippen LogP contribution in [0.15, 0.2) is 59.7 Å². The summed E-state index contributed by atoms with van der Waals surface area (Å²) in [6.45, 7) is 2.48. The molecule has 10 nitrogen and oxygen atoms in total. The number of rotatable bonds is 5. The smallest absolute Gasteiger partial charge is 0.327 e. The van der Waals surface area contributed by atoms with E-state index < -0.39 is 11.9 Å². The molecule has 0 aliphatic carbocycles. The van der Waals surface area contributed by atoms with E-state index in [1.165, 1.54) is 0 Å². The molecule has 4 aromatic rings. The molecule has 0 aliphatic rings. The number of nitrogens with zero attached hydrogens (tertiary/aromatic N) is 3. The standard InChI is InChI=1S/C22H22N8O2/c1-2-10-24-20(23)29-19(31)15-8-5-9-16-18(15)28-21(26-16)30-22(32)27-17-11-13-6-3-4-7-14(13)12-25-17/h3-9,11-12H,2,10H2,1H3,(H3,23,24,29,31)(H3,25,26,27,28,30,32). The first-order chi connectivity index (χ1) is 15.5. The number of urea groups is 1. The van der Waals surface area contributed by atoms with Gasteiger partial charge in [-0.05, 0) is 30.0 Å². The number of anilines is 2. The van der Waals surface area contributed by atoms with Crippen LogP contribution in [0.3, 0.4) is 0 Å². The Labute approximate surface area is 183 Å². The zero-order valence-electron chi connectivity index (χ0n) is 17.3. The van der Waals surface area contributed by atoms with E-state index in [0.717, 1.165) is 17.2 Å². The highest BCUT2D eigenvalue weighted by atomic mass is 16.2. The normalized spacial score (nSPS) is 11.5. The van der Waals surface area contributed by atoms with Gasteiger partial charge in [-0.2, -0.15) is 0 Å². The van der Waals surface area contributed by atoms with Crippen LogP contribution in [0.5, 0.6) is 0 Å². The van der Waals surface area contributed by atoms with Crippen LogP contribution in [-0.2, 0) is 0 Å². The van der Waals surface area contributed by atoms with Crippen molar-refractivity contribution in [2.45, 2.75) is 13.3 Å². The first kappa shape index (κ1) is 20.8. The Bertz CT molecular complexity index is 1330. The first-order valence-electron chi connectivity index (χ1n) is 10.1. The second-order valence-electron chi connectivity index (χ2n) is 7.00. The number of pyridine rings is 1. The Kier molecular flexibility index (Phi) is 5.93. The number of nitrogens with one attached hydrogen (secondary N) is 4. The van der Waals surface area contributed by atoms with E-state index >= 15 is 0 Å². The topological polar surface area (TPSA) is 150 Å². The van der Waals surface area contributed by atoms with Crippen molar-refractivity contribution >= 4 is 51.5 Å². The number of amides is 3. The Morgan fingerprint density at radius 1 is 1.09 bits per heavy atom. The van der Waals surface area contributed by atoms with Gasteiger partial charge >= 0.3 is 6.03 Å². The summed E-state index contributed by atoms with van der Waals surface area (Å²) < 4.78 is 0. The SMILES string of the molecule is CCCN=C(N)NC(=O)c1cccc2[nH]c(NC(=O)Nc3cc4ccccc4cn3)nc12. The van der Waals surface area contributed by atoms with Crippen LogP contribution < -0.4 is 21.7 Å². The number of nitrogens with two attached hydrogens (primary N) is 1. The summed E-state index contributed by atoms with van der Waals surface area (Å²) in [7, 11) is 0. The third kappa shape index (κ3) is 4.64. The maximum Gasteiger partial charge on any atom is 0.327 e. The molecule has 0 aliphatic heterocycles. The minimum absolute atomic E-state index is 0.0463. The number of aromatic nitrogens is 3. The molecule has 162 valence electrons. The molecule has 10 heteroatoms. The molecular weight excluding hydrogens is 408 g/mol. The van der Waals surface area contributed by atoms with Gasteiger partial charge in [0.15, 0.2) is 5.96 Å². The molecule has 3 amide bonds. The molecule has 0 unspecified atom stereocenters. The van der Waals surface area contributed by atoms with E-state index in [0.29, 0.717) is 29.0 Å². The van der Waals surface area contributed by atoms with E-state index in [2.05, 4.69) is 35.9 Å². The quantitative estimate of drug-likeness (QED) is 0.243. The van der Waals surface area contributed by atoms with E-state index in [4.69, 9.17) is 5.73 Å². The number of hydrogen-bond donors (Lipinski definition) is 5. The minimum atomic E-state index is -0.520. The maximum atomic E-state index is 12.6. The molecule has 0 saturated heterocycles. The average molecular weight is 430 g/mol. The van der Waals surface area contributed by atoms with Gasteiger partial charge in [-0.25, -0.2) is 14.8 Å². The van der Waals surface area contributed by atoms with Gasteiger partial charge in [0.25, 0.3) is 5.91 Å². The molecule has 2 aromatic carbocycles. The molecule has 4 rings (SSSR count). The Balaban J connectivity index is 1.49. The molecule has 32 heavy (non-hydrogen) atoms. The monoisotopic (exact) mass is 430 g/mol. The van der Waals surface area contributed by atoms with Crippen LogP contribution >= 0.6 is 0 Å². The second kappa shape index (κ2) is 9.13.